The molecule has 164 valence electrons. The van der Waals surface area contributed by atoms with Gasteiger partial charge in [0, 0.05) is 16.6 Å². The van der Waals surface area contributed by atoms with Crippen LogP contribution in [0, 0.1) is 27.7 Å². The van der Waals surface area contributed by atoms with Gasteiger partial charge in [-0.25, -0.2) is 9.78 Å². The number of thiophene rings is 1. The van der Waals surface area contributed by atoms with Gasteiger partial charge in [0.05, 0.1) is 30.5 Å². The number of carbonyl (C=O) groups excluding carboxylic acids is 2. The van der Waals surface area contributed by atoms with Crippen LogP contribution in [0.15, 0.2) is 42.6 Å². The van der Waals surface area contributed by atoms with Crippen LogP contribution < -0.4 is 5.32 Å². The van der Waals surface area contributed by atoms with Crippen molar-refractivity contribution >= 4 is 33.9 Å². The number of nitrogens with one attached hydrogen (secondary N) is 1. The lowest BCUT2D eigenvalue weighted by Gasteiger charge is -2.09. The van der Waals surface area contributed by atoms with Crippen molar-refractivity contribution in [1.82, 2.24) is 9.38 Å². The molecule has 0 aliphatic rings. The number of carbonyl (C=O) groups is 2. The Hall–Kier alpha value is -3.45. The third-order valence-corrected chi connectivity index (χ3v) is 6.53. The van der Waals surface area contributed by atoms with E-state index in [0.29, 0.717) is 10.6 Å². The summed E-state index contributed by atoms with van der Waals surface area (Å²) in [5, 5.41) is 3.40. The number of anilines is 1. The van der Waals surface area contributed by atoms with Gasteiger partial charge in [-0.05, 0) is 62.6 Å². The van der Waals surface area contributed by atoms with E-state index in [2.05, 4.69) is 31.3 Å². The standard InChI is InChI=1S/C25H25N3O3S/c1-14-8-9-18(11-16(14)3)22-20(28-10-6-7-15(2)23(28)27-22)13-21(29)26-24-19(25(30)31-5)12-17(4)32-24/h6-12H,13H2,1-5H3,(H,26,29). The first-order valence-corrected chi connectivity index (χ1v) is 11.1. The fourth-order valence-electron chi connectivity index (χ4n) is 3.73. The number of amides is 1. The molecule has 1 aromatic carbocycles. The normalized spacial score (nSPS) is 11.0. The van der Waals surface area contributed by atoms with E-state index in [9.17, 15) is 9.59 Å². The molecule has 0 aliphatic heterocycles. The minimum Gasteiger partial charge on any atom is -0.465 e. The zero-order valence-corrected chi connectivity index (χ0v) is 19.6. The van der Waals surface area contributed by atoms with E-state index in [4.69, 9.17) is 9.72 Å². The lowest BCUT2D eigenvalue weighted by atomic mass is 10.0. The second kappa shape index (κ2) is 8.59. The van der Waals surface area contributed by atoms with Crippen molar-refractivity contribution in [2.75, 3.05) is 12.4 Å². The Morgan fingerprint density at radius 3 is 2.56 bits per heavy atom. The van der Waals surface area contributed by atoms with E-state index >= 15 is 0 Å². The minimum atomic E-state index is -0.467. The summed E-state index contributed by atoms with van der Waals surface area (Å²) in [5.74, 6) is -0.684. The highest BCUT2D eigenvalue weighted by Gasteiger charge is 2.21. The molecule has 0 spiro atoms. The Morgan fingerprint density at radius 2 is 1.84 bits per heavy atom. The van der Waals surface area contributed by atoms with Gasteiger partial charge in [0.2, 0.25) is 5.91 Å². The fraction of sp³-hybridized carbons (Fsp3) is 0.240. The molecule has 0 aliphatic carbocycles. The van der Waals surface area contributed by atoms with Gasteiger partial charge in [-0.1, -0.05) is 18.2 Å². The maximum absolute atomic E-state index is 13.1. The summed E-state index contributed by atoms with van der Waals surface area (Å²) in [6.07, 6.45) is 2.04. The lowest BCUT2D eigenvalue weighted by Crippen LogP contribution is -2.17. The van der Waals surface area contributed by atoms with Crippen molar-refractivity contribution in [3.63, 3.8) is 0 Å². The monoisotopic (exact) mass is 447 g/mol. The van der Waals surface area contributed by atoms with E-state index < -0.39 is 5.97 Å². The topological polar surface area (TPSA) is 72.7 Å². The Balaban J connectivity index is 1.74. The maximum Gasteiger partial charge on any atom is 0.340 e. The number of methoxy groups -OCH3 is 1. The second-order valence-corrected chi connectivity index (χ2v) is 9.16. The van der Waals surface area contributed by atoms with Crippen molar-refractivity contribution in [2.24, 2.45) is 0 Å². The van der Waals surface area contributed by atoms with Crippen LogP contribution in [0.25, 0.3) is 16.9 Å². The average Bonchev–Trinajstić information content (AvgIpc) is 3.31. The van der Waals surface area contributed by atoms with Crippen LogP contribution in [0.4, 0.5) is 5.00 Å². The first-order valence-electron chi connectivity index (χ1n) is 10.3. The molecular formula is C25H25N3O3S. The highest BCUT2D eigenvalue weighted by molar-refractivity contribution is 7.16. The molecule has 0 saturated carbocycles. The third-order valence-electron chi connectivity index (χ3n) is 5.57. The molecular weight excluding hydrogens is 422 g/mol. The molecule has 0 fully saturated rings. The van der Waals surface area contributed by atoms with E-state index in [1.54, 1.807) is 6.07 Å². The summed E-state index contributed by atoms with van der Waals surface area (Å²) in [6, 6.07) is 11.9. The van der Waals surface area contributed by atoms with Gasteiger partial charge in [0.15, 0.2) is 0 Å². The Labute approximate surface area is 190 Å². The largest absolute Gasteiger partial charge is 0.465 e. The first kappa shape index (κ1) is 21.8. The number of hydrogen-bond acceptors (Lipinski definition) is 5. The van der Waals surface area contributed by atoms with Gasteiger partial charge in [0.25, 0.3) is 0 Å². The van der Waals surface area contributed by atoms with E-state index in [1.807, 2.05) is 42.6 Å². The fourth-order valence-corrected chi connectivity index (χ4v) is 4.65. The van der Waals surface area contributed by atoms with Crippen LogP contribution in [0.3, 0.4) is 0 Å². The lowest BCUT2D eigenvalue weighted by molar-refractivity contribution is -0.115. The summed E-state index contributed by atoms with van der Waals surface area (Å²) in [5.41, 5.74) is 7.16. The van der Waals surface area contributed by atoms with Gasteiger partial charge in [-0.2, -0.15) is 0 Å². The van der Waals surface area contributed by atoms with Gasteiger partial charge in [-0.15, -0.1) is 11.3 Å². The summed E-state index contributed by atoms with van der Waals surface area (Å²) < 4.78 is 6.82. The van der Waals surface area contributed by atoms with Gasteiger partial charge in [0.1, 0.15) is 10.6 Å². The van der Waals surface area contributed by atoms with E-state index in [-0.39, 0.29) is 12.3 Å². The van der Waals surface area contributed by atoms with Crippen LogP contribution in [0.1, 0.15) is 37.6 Å². The Bertz CT molecular complexity index is 1350. The number of ether oxygens (including phenoxy) is 1. The van der Waals surface area contributed by atoms with E-state index in [0.717, 1.165) is 33.0 Å². The number of imidazole rings is 1. The van der Waals surface area contributed by atoms with Gasteiger partial charge >= 0.3 is 5.97 Å². The Morgan fingerprint density at radius 1 is 1.06 bits per heavy atom. The summed E-state index contributed by atoms with van der Waals surface area (Å²) >= 11 is 1.35. The minimum absolute atomic E-state index is 0.116. The predicted molar refractivity (Wildman–Crippen MR) is 128 cm³/mol. The van der Waals surface area contributed by atoms with Crippen LogP contribution >= 0.6 is 11.3 Å². The average molecular weight is 448 g/mol. The third kappa shape index (κ3) is 4.03. The molecule has 7 heteroatoms. The number of pyridine rings is 1. The molecule has 3 heterocycles. The zero-order valence-electron chi connectivity index (χ0n) is 18.8. The SMILES string of the molecule is COC(=O)c1cc(C)sc1NC(=O)Cc1c(-c2ccc(C)c(C)c2)nc2c(C)cccn12. The van der Waals surface area contributed by atoms with Crippen LogP contribution in [-0.2, 0) is 16.0 Å². The molecule has 0 radical (unpaired) electrons. The van der Waals surface area contributed by atoms with Crippen LogP contribution in [-0.4, -0.2) is 28.4 Å². The molecule has 4 aromatic rings. The molecule has 1 N–H and O–H groups in total. The summed E-state index contributed by atoms with van der Waals surface area (Å²) in [4.78, 5) is 31.0. The number of hydrogen-bond donors (Lipinski definition) is 1. The van der Waals surface area contributed by atoms with E-state index in [1.165, 1.54) is 29.6 Å². The smallest absolute Gasteiger partial charge is 0.340 e. The highest BCUT2D eigenvalue weighted by Crippen LogP contribution is 2.30. The predicted octanol–water partition coefficient (Wildman–Crippen LogP) is 5.26. The molecule has 6 nitrogen and oxygen atoms in total. The zero-order chi connectivity index (χ0) is 23.0. The number of rotatable bonds is 5. The first-order chi connectivity index (χ1) is 15.3. The number of nitrogens with zero attached hydrogens (tertiary/aromatic N) is 2. The molecule has 1 amide bonds. The molecule has 3 aromatic heterocycles. The number of benzene rings is 1. The van der Waals surface area contributed by atoms with Crippen LogP contribution in [0.5, 0.6) is 0 Å². The number of esters is 1. The maximum atomic E-state index is 13.1. The summed E-state index contributed by atoms with van der Waals surface area (Å²) in [6.45, 7) is 8.04. The highest BCUT2D eigenvalue weighted by atomic mass is 32.1. The second-order valence-electron chi connectivity index (χ2n) is 7.91. The molecule has 0 bridgehead atoms. The summed E-state index contributed by atoms with van der Waals surface area (Å²) in [7, 11) is 1.33. The van der Waals surface area contributed by atoms with Crippen molar-refractivity contribution in [1.29, 1.82) is 0 Å². The van der Waals surface area contributed by atoms with Crippen LogP contribution in [0.2, 0.25) is 0 Å². The molecule has 32 heavy (non-hydrogen) atoms. The molecule has 0 unspecified atom stereocenters. The van der Waals surface area contributed by atoms with Crippen molar-refractivity contribution in [3.05, 3.63) is 75.4 Å². The number of fused-ring (bicyclic) bond motifs is 1. The Kier molecular flexibility index (Phi) is 5.84. The molecule has 0 atom stereocenters. The number of aryl methyl sites for hydroxylation is 4. The van der Waals surface area contributed by atoms with Gasteiger partial charge in [-0.3, -0.25) is 4.79 Å². The van der Waals surface area contributed by atoms with Crippen molar-refractivity contribution < 1.29 is 14.3 Å². The van der Waals surface area contributed by atoms with Crippen molar-refractivity contribution in [3.8, 4) is 11.3 Å². The number of aromatic nitrogens is 2. The molecule has 4 rings (SSSR count). The quantitative estimate of drug-likeness (QED) is 0.423. The van der Waals surface area contributed by atoms with Crippen molar-refractivity contribution in [2.45, 2.75) is 34.1 Å². The molecule has 0 saturated heterocycles. The van der Waals surface area contributed by atoms with Gasteiger partial charge < -0.3 is 14.5 Å².